The van der Waals surface area contributed by atoms with Crippen LogP contribution in [0.3, 0.4) is 0 Å². The lowest BCUT2D eigenvalue weighted by Crippen LogP contribution is -1.97. The number of fused-ring (bicyclic) bond motifs is 1. The largest absolute Gasteiger partial charge is 0.493 e. The fourth-order valence-corrected chi connectivity index (χ4v) is 3.83. The highest BCUT2D eigenvalue weighted by Crippen LogP contribution is 2.42. The van der Waals surface area contributed by atoms with Crippen LogP contribution in [0.1, 0.15) is 21.5 Å². The van der Waals surface area contributed by atoms with Crippen molar-refractivity contribution in [2.24, 2.45) is 0 Å². The average molecular weight is 494 g/mol. The van der Waals surface area contributed by atoms with Crippen molar-refractivity contribution in [2.45, 2.75) is 11.2 Å². The number of hydrogen-bond acceptors (Lipinski definition) is 1. The van der Waals surface area contributed by atoms with E-state index < -0.39 is 0 Å². The van der Waals surface area contributed by atoms with Gasteiger partial charge in [-0.2, -0.15) is 0 Å². The summed E-state index contributed by atoms with van der Waals surface area (Å²) in [5.74, 6) is 1.05. The van der Waals surface area contributed by atoms with E-state index in [0.717, 1.165) is 23.2 Å². The molecule has 0 amide bonds. The molecule has 0 aromatic heterocycles. The molecule has 0 aliphatic carbocycles. The van der Waals surface area contributed by atoms with Crippen molar-refractivity contribution in [3.8, 4) is 5.75 Å². The zero-order chi connectivity index (χ0) is 13.4. The minimum absolute atomic E-state index is 0.161. The predicted octanol–water partition coefficient (Wildman–Crippen LogP) is 5.47. The highest BCUT2D eigenvalue weighted by Gasteiger charge is 2.22. The highest BCUT2D eigenvalue weighted by atomic mass is 127. The Labute approximate surface area is 143 Å². The standard InChI is InChI=1S/C15H11Br2IO/c16-11-7-10-5-6-19-15(10)13(8-11)14(17)9-1-3-12(18)4-2-9/h1-4,7-8,14H,5-6H2. The van der Waals surface area contributed by atoms with Crippen LogP contribution in [-0.4, -0.2) is 6.61 Å². The van der Waals surface area contributed by atoms with Crippen LogP contribution in [0.2, 0.25) is 0 Å². The molecule has 2 aromatic carbocycles. The maximum absolute atomic E-state index is 5.80. The molecule has 0 bridgehead atoms. The normalized spacial score (nSPS) is 14.9. The van der Waals surface area contributed by atoms with Gasteiger partial charge in [-0.1, -0.05) is 44.0 Å². The van der Waals surface area contributed by atoms with Gasteiger partial charge in [0.05, 0.1) is 11.4 Å². The second-order valence-electron chi connectivity index (χ2n) is 4.50. The van der Waals surface area contributed by atoms with Gasteiger partial charge in [-0.3, -0.25) is 0 Å². The average Bonchev–Trinajstić information content (AvgIpc) is 2.85. The van der Waals surface area contributed by atoms with Crippen LogP contribution in [-0.2, 0) is 6.42 Å². The second kappa shape index (κ2) is 5.74. The van der Waals surface area contributed by atoms with Crippen molar-refractivity contribution in [2.75, 3.05) is 6.61 Å². The molecule has 1 nitrogen and oxygen atoms in total. The van der Waals surface area contributed by atoms with E-state index >= 15 is 0 Å². The molecule has 3 rings (SSSR count). The minimum atomic E-state index is 0.161. The quantitative estimate of drug-likeness (QED) is 0.398. The van der Waals surface area contributed by atoms with Crippen molar-refractivity contribution in [3.05, 3.63) is 61.1 Å². The van der Waals surface area contributed by atoms with Gasteiger partial charge < -0.3 is 4.74 Å². The topological polar surface area (TPSA) is 9.23 Å². The summed E-state index contributed by atoms with van der Waals surface area (Å²) >= 11 is 9.72. The van der Waals surface area contributed by atoms with Crippen LogP contribution in [0.15, 0.2) is 40.9 Å². The molecule has 1 unspecified atom stereocenters. The number of benzene rings is 2. The minimum Gasteiger partial charge on any atom is -0.493 e. The first-order valence-corrected chi connectivity index (χ1v) is 8.78. The predicted molar refractivity (Wildman–Crippen MR) is 93.3 cm³/mol. The molecule has 0 spiro atoms. The molecule has 0 N–H and O–H groups in total. The van der Waals surface area contributed by atoms with E-state index in [2.05, 4.69) is 90.8 Å². The molecule has 0 saturated heterocycles. The van der Waals surface area contributed by atoms with Gasteiger partial charge in [0, 0.05) is 20.0 Å². The van der Waals surface area contributed by atoms with E-state index in [9.17, 15) is 0 Å². The van der Waals surface area contributed by atoms with Crippen LogP contribution >= 0.6 is 54.5 Å². The number of hydrogen-bond donors (Lipinski definition) is 0. The van der Waals surface area contributed by atoms with Gasteiger partial charge >= 0.3 is 0 Å². The summed E-state index contributed by atoms with van der Waals surface area (Å²) < 4.78 is 8.16. The zero-order valence-electron chi connectivity index (χ0n) is 10.00. The fourth-order valence-electron chi connectivity index (χ4n) is 2.30. The highest BCUT2D eigenvalue weighted by molar-refractivity contribution is 14.1. The summed E-state index contributed by atoms with van der Waals surface area (Å²) in [7, 11) is 0. The van der Waals surface area contributed by atoms with Crippen LogP contribution in [0, 0.1) is 3.57 Å². The van der Waals surface area contributed by atoms with E-state index in [4.69, 9.17) is 4.74 Å². The molecule has 0 radical (unpaired) electrons. The smallest absolute Gasteiger partial charge is 0.127 e. The third kappa shape index (κ3) is 2.85. The number of halogens is 3. The molecule has 19 heavy (non-hydrogen) atoms. The van der Waals surface area contributed by atoms with Gasteiger partial charge in [-0.15, -0.1) is 0 Å². The van der Waals surface area contributed by atoms with Gasteiger partial charge in [0.2, 0.25) is 0 Å². The Morgan fingerprint density at radius 1 is 1.16 bits per heavy atom. The summed E-state index contributed by atoms with van der Waals surface area (Å²) in [6.07, 6.45) is 0.994. The first-order chi connectivity index (χ1) is 9.15. The Kier molecular flexibility index (Phi) is 4.19. The van der Waals surface area contributed by atoms with Crippen molar-refractivity contribution in [1.29, 1.82) is 0 Å². The van der Waals surface area contributed by atoms with Crippen LogP contribution in [0.4, 0.5) is 0 Å². The Bertz CT molecular complexity index is 610. The third-order valence-corrected chi connectivity index (χ3v) is 5.41. The van der Waals surface area contributed by atoms with E-state index in [-0.39, 0.29) is 4.83 Å². The number of ether oxygens (including phenoxy) is 1. The van der Waals surface area contributed by atoms with Crippen LogP contribution in [0.25, 0.3) is 0 Å². The lowest BCUT2D eigenvalue weighted by molar-refractivity contribution is 0.354. The van der Waals surface area contributed by atoms with Crippen molar-refractivity contribution >= 4 is 54.5 Å². The van der Waals surface area contributed by atoms with Crippen molar-refractivity contribution in [3.63, 3.8) is 0 Å². The lowest BCUT2D eigenvalue weighted by Gasteiger charge is -2.15. The Morgan fingerprint density at radius 2 is 1.89 bits per heavy atom. The third-order valence-electron chi connectivity index (χ3n) is 3.21. The summed E-state index contributed by atoms with van der Waals surface area (Å²) in [5, 5.41) is 0. The number of rotatable bonds is 2. The molecule has 0 fully saturated rings. The van der Waals surface area contributed by atoms with Gasteiger partial charge in [-0.05, 0) is 58.0 Å². The van der Waals surface area contributed by atoms with Crippen LogP contribution in [0.5, 0.6) is 5.75 Å². The van der Waals surface area contributed by atoms with Crippen molar-refractivity contribution < 1.29 is 4.74 Å². The van der Waals surface area contributed by atoms with Gasteiger partial charge in [0.1, 0.15) is 5.75 Å². The van der Waals surface area contributed by atoms with Gasteiger partial charge in [0.15, 0.2) is 0 Å². The second-order valence-corrected chi connectivity index (χ2v) is 7.57. The van der Waals surface area contributed by atoms with Gasteiger partial charge in [-0.25, -0.2) is 0 Å². The van der Waals surface area contributed by atoms with E-state index in [0.29, 0.717) is 0 Å². The molecule has 1 heterocycles. The molecule has 1 atom stereocenters. The maximum Gasteiger partial charge on any atom is 0.127 e. The Hall–Kier alpha value is -0.0700. The molecule has 0 saturated carbocycles. The Balaban J connectivity index is 2.04. The molecule has 2 aromatic rings. The van der Waals surface area contributed by atoms with E-state index in [1.807, 2.05) is 0 Å². The maximum atomic E-state index is 5.80. The lowest BCUT2D eigenvalue weighted by atomic mass is 10.0. The number of alkyl halides is 1. The molecule has 1 aliphatic heterocycles. The Morgan fingerprint density at radius 3 is 2.63 bits per heavy atom. The van der Waals surface area contributed by atoms with E-state index in [1.165, 1.54) is 20.3 Å². The zero-order valence-corrected chi connectivity index (χ0v) is 15.3. The monoisotopic (exact) mass is 492 g/mol. The molecule has 4 heteroatoms. The summed E-state index contributed by atoms with van der Waals surface area (Å²) in [4.78, 5) is 0.161. The molecule has 98 valence electrons. The fraction of sp³-hybridized carbons (Fsp3) is 0.200. The van der Waals surface area contributed by atoms with Crippen LogP contribution < -0.4 is 4.74 Å². The molecule has 1 aliphatic rings. The van der Waals surface area contributed by atoms with Crippen molar-refractivity contribution in [1.82, 2.24) is 0 Å². The molecular formula is C15H11Br2IO. The SMILES string of the molecule is Brc1cc2c(c(C(Br)c3ccc(I)cc3)c1)OCC2. The summed E-state index contributed by atoms with van der Waals surface area (Å²) in [5.41, 5.74) is 3.73. The molecular weight excluding hydrogens is 483 g/mol. The van der Waals surface area contributed by atoms with Gasteiger partial charge in [0.25, 0.3) is 0 Å². The summed E-state index contributed by atoms with van der Waals surface area (Å²) in [6, 6.07) is 12.9. The van der Waals surface area contributed by atoms with E-state index in [1.54, 1.807) is 0 Å². The first-order valence-electron chi connectivity index (χ1n) is 6.00. The first kappa shape index (κ1) is 13.9. The summed E-state index contributed by atoms with van der Waals surface area (Å²) in [6.45, 7) is 0.783.